The molecule has 3 rings (SSSR count). The van der Waals surface area contributed by atoms with Crippen molar-refractivity contribution in [2.24, 2.45) is 5.10 Å². The van der Waals surface area contributed by atoms with Crippen LogP contribution >= 0.6 is 11.3 Å². The Morgan fingerprint density at radius 1 is 1.22 bits per heavy atom. The number of benzene rings is 1. The maximum Gasteiger partial charge on any atom is 0.259 e. The summed E-state index contributed by atoms with van der Waals surface area (Å²) in [5, 5.41) is 7.77. The first-order valence-electron chi connectivity index (χ1n) is 7.06. The van der Waals surface area contributed by atoms with Crippen LogP contribution in [-0.2, 0) is 4.79 Å². The van der Waals surface area contributed by atoms with Crippen molar-refractivity contribution in [2.45, 2.75) is 6.92 Å². The van der Waals surface area contributed by atoms with Crippen LogP contribution in [0.1, 0.15) is 12.6 Å². The van der Waals surface area contributed by atoms with E-state index < -0.39 is 0 Å². The van der Waals surface area contributed by atoms with E-state index in [0.717, 1.165) is 15.9 Å². The zero-order chi connectivity index (χ0) is 16.1. The van der Waals surface area contributed by atoms with Crippen molar-refractivity contribution in [1.82, 2.24) is 15.4 Å². The van der Waals surface area contributed by atoms with E-state index in [1.165, 1.54) is 11.3 Å². The molecule has 0 spiro atoms. The highest BCUT2D eigenvalue weighted by molar-refractivity contribution is 7.22. The molecule has 2 N–H and O–H groups in total. The molecule has 6 nitrogen and oxygen atoms in total. The number of hydrogen-bond acceptors (Lipinski definition) is 6. The third kappa shape index (κ3) is 3.89. The fourth-order valence-electron chi connectivity index (χ4n) is 1.92. The zero-order valence-corrected chi connectivity index (χ0v) is 13.3. The van der Waals surface area contributed by atoms with Gasteiger partial charge in [-0.1, -0.05) is 29.5 Å². The zero-order valence-electron chi connectivity index (χ0n) is 12.5. The number of hydrazone groups is 1. The van der Waals surface area contributed by atoms with Gasteiger partial charge in [0, 0.05) is 6.20 Å². The highest BCUT2D eigenvalue weighted by Crippen LogP contribution is 2.24. The topological polar surface area (TPSA) is 79.3 Å². The van der Waals surface area contributed by atoms with Gasteiger partial charge in [0.2, 0.25) is 0 Å². The predicted molar refractivity (Wildman–Crippen MR) is 92.7 cm³/mol. The molecule has 0 saturated heterocycles. The molecule has 7 heteroatoms. The number of amides is 1. The molecule has 0 bridgehead atoms. The van der Waals surface area contributed by atoms with Crippen LogP contribution in [0.5, 0.6) is 0 Å². The Hall–Kier alpha value is -2.80. The average molecular weight is 325 g/mol. The number of rotatable bonds is 5. The number of anilines is 1. The lowest BCUT2D eigenvalue weighted by Crippen LogP contribution is -2.26. The molecule has 2 aromatic heterocycles. The second kappa shape index (κ2) is 6.97. The average Bonchev–Trinajstić information content (AvgIpc) is 3.01. The number of fused-ring (bicyclic) bond motifs is 1. The van der Waals surface area contributed by atoms with Crippen molar-refractivity contribution in [2.75, 3.05) is 11.9 Å². The van der Waals surface area contributed by atoms with Gasteiger partial charge >= 0.3 is 0 Å². The number of hydrogen-bond donors (Lipinski definition) is 2. The number of para-hydroxylation sites is 1. The van der Waals surface area contributed by atoms with E-state index in [2.05, 4.69) is 25.8 Å². The van der Waals surface area contributed by atoms with E-state index in [-0.39, 0.29) is 12.5 Å². The van der Waals surface area contributed by atoms with E-state index in [4.69, 9.17) is 0 Å². The van der Waals surface area contributed by atoms with Crippen LogP contribution in [0.2, 0.25) is 0 Å². The fraction of sp³-hybridized carbons (Fsp3) is 0.125. The van der Waals surface area contributed by atoms with E-state index >= 15 is 0 Å². The summed E-state index contributed by atoms with van der Waals surface area (Å²) in [6.07, 6.45) is 1.69. The molecule has 1 aromatic carbocycles. The quantitative estimate of drug-likeness (QED) is 0.558. The number of nitrogens with one attached hydrogen (secondary N) is 2. The normalized spacial score (nSPS) is 11.4. The Morgan fingerprint density at radius 3 is 2.83 bits per heavy atom. The number of thiazole rings is 1. The van der Waals surface area contributed by atoms with Gasteiger partial charge in [-0.2, -0.15) is 5.10 Å². The molecular formula is C16H15N5OS. The van der Waals surface area contributed by atoms with Gasteiger partial charge in [-0.25, -0.2) is 10.4 Å². The number of carbonyl (C=O) groups is 1. The van der Waals surface area contributed by atoms with E-state index in [1.54, 1.807) is 13.1 Å². The smallest absolute Gasteiger partial charge is 0.259 e. The first kappa shape index (κ1) is 15.1. The van der Waals surface area contributed by atoms with Crippen LogP contribution in [0, 0.1) is 0 Å². The van der Waals surface area contributed by atoms with Crippen molar-refractivity contribution in [3.8, 4) is 0 Å². The third-order valence-corrected chi connectivity index (χ3v) is 4.07. The van der Waals surface area contributed by atoms with Gasteiger partial charge in [0.25, 0.3) is 5.91 Å². The van der Waals surface area contributed by atoms with E-state index in [9.17, 15) is 4.79 Å². The monoisotopic (exact) mass is 325 g/mol. The summed E-state index contributed by atoms with van der Waals surface area (Å²) < 4.78 is 1.08. The minimum absolute atomic E-state index is 0.110. The highest BCUT2D eigenvalue weighted by atomic mass is 32.1. The maximum atomic E-state index is 11.8. The first-order valence-corrected chi connectivity index (χ1v) is 7.88. The van der Waals surface area contributed by atoms with Crippen molar-refractivity contribution < 1.29 is 4.79 Å². The van der Waals surface area contributed by atoms with Gasteiger partial charge in [-0.3, -0.25) is 9.78 Å². The van der Waals surface area contributed by atoms with Gasteiger partial charge < -0.3 is 5.32 Å². The largest absolute Gasteiger partial charge is 0.352 e. The summed E-state index contributed by atoms with van der Waals surface area (Å²) in [5.41, 5.74) is 4.81. The summed E-state index contributed by atoms with van der Waals surface area (Å²) >= 11 is 1.51. The van der Waals surface area contributed by atoms with Crippen molar-refractivity contribution in [3.63, 3.8) is 0 Å². The molecule has 2 heterocycles. The van der Waals surface area contributed by atoms with Crippen LogP contribution in [0.4, 0.5) is 5.13 Å². The molecule has 0 atom stereocenters. The Kier molecular flexibility index (Phi) is 4.58. The summed E-state index contributed by atoms with van der Waals surface area (Å²) in [6.45, 7) is 1.91. The van der Waals surface area contributed by atoms with E-state index in [0.29, 0.717) is 10.8 Å². The summed E-state index contributed by atoms with van der Waals surface area (Å²) in [6, 6.07) is 13.4. The van der Waals surface area contributed by atoms with Crippen LogP contribution < -0.4 is 10.7 Å². The van der Waals surface area contributed by atoms with Crippen molar-refractivity contribution in [3.05, 3.63) is 54.4 Å². The molecule has 0 aliphatic heterocycles. The molecule has 0 fully saturated rings. The Bertz CT molecular complexity index is 811. The standard InChI is InChI=1S/C16H15N5OS/c1-11(12-6-4-5-9-17-12)20-21-15(22)10-18-16-19-13-7-2-3-8-14(13)23-16/h2-9H,10H2,1H3,(H,18,19)(H,21,22)/b20-11-. The predicted octanol–water partition coefficient (Wildman–Crippen LogP) is 2.64. The Labute approximate surface area is 137 Å². The van der Waals surface area contributed by atoms with Crippen LogP contribution in [0.3, 0.4) is 0 Å². The van der Waals surface area contributed by atoms with Gasteiger partial charge in [0.05, 0.1) is 28.2 Å². The van der Waals surface area contributed by atoms with Gasteiger partial charge in [-0.15, -0.1) is 0 Å². The number of carbonyl (C=O) groups excluding carboxylic acids is 1. The highest BCUT2D eigenvalue weighted by Gasteiger charge is 2.05. The third-order valence-electron chi connectivity index (χ3n) is 3.08. The van der Waals surface area contributed by atoms with Crippen molar-refractivity contribution >= 4 is 38.3 Å². The molecule has 0 aliphatic carbocycles. The molecule has 1 amide bonds. The summed E-state index contributed by atoms with van der Waals surface area (Å²) in [7, 11) is 0. The van der Waals surface area contributed by atoms with Crippen LogP contribution in [0.25, 0.3) is 10.2 Å². The first-order chi connectivity index (χ1) is 11.2. The van der Waals surface area contributed by atoms with Crippen LogP contribution in [-0.4, -0.2) is 28.1 Å². The lowest BCUT2D eigenvalue weighted by Gasteiger charge is -2.03. The Balaban J connectivity index is 1.55. The van der Waals surface area contributed by atoms with Gasteiger partial charge in [0.15, 0.2) is 5.13 Å². The molecule has 116 valence electrons. The van der Waals surface area contributed by atoms with E-state index in [1.807, 2.05) is 42.5 Å². The second-order valence-corrected chi connectivity index (χ2v) is 5.82. The lowest BCUT2D eigenvalue weighted by atomic mass is 10.3. The van der Waals surface area contributed by atoms with Crippen LogP contribution in [0.15, 0.2) is 53.8 Å². The molecule has 0 aliphatic rings. The second-order valence-electron chi connectivity index (χ2n) is 4.79. The van der Waals surface area contributed by atoms with Gasteiger partial charge in [0.1, 0.15) is 0 Å². The van der Waals surface area contributed by atoms with Crippen molar-refractivity contribution in [1.29, 1.82) is 0 Å². The summed E-state index contributed by atoms with van der Waals surface area (Å²) in [4.78, 5) is 20.4. The lowest BCUT2D eigenvalue weighted by molar-refractivity contribution is -0.119. The molecule has 0 saturated carbocycles. The SMILES string of the molecule is C/C(=N/NC(=O)CNc1nc2ccccc2s1)c1ccccn1. The number of pyridine rings is 1. The minimum atomic E-state index is -0.237. The summed E-state index contributed by atoms with van der Waals surface area (Å²) in [5.74, 6) is -0.237. The molecule has 23 heavy (non-hydrogen) atoms. The van der Waals surface area contributed by atoms with Gasteiger partial charge in [-0.05, 0) is 31.2 Å². The molecule has 0 unspecified atom stereocenters. The minimum Gasteiger partial charge on any atom is -0.352 e. The fourth-order valence-corrected chi connectivity index (χ4v) is 2.78. The Morgan fingerprint density at radius 2 is 2.04 bits per heavy atom. The molecular weight excluding hydrogens is 310 g/mol. The maximum absolute atomic E-state index is 11.8. The number of aromatic nitrogens is 2. The molecule has 0 radical (unpaired) electrons. The number of nitrogens with zero attached hydrogens (tertiary/aromatic N) is 3. The molecule has 3 aromatic rings.